The van der Waals surface area contributed by atoms with Gasteiger partial charge in [-0.1, -0.05) is 25.1 Å². The Morgan fingerprint density at radius 3 is 2.91 bits per heavy atom. The highest BCUT2D eigenvalue weighted by Gasteiger charge is 2.03. The number of nitrogens with zero attached hydrogens (tertiary/aromatic N) is 4. The third-order valence-electron chi connectivity index (χ3n) is 3.38. The van der Waals surface area contributed by atoms with Gasteiger partial charge in [0.2, 0.25) is 0 Å². The first kappa shape index (κ1) is 17.2. The van der Waals surface area contributed by atoms with Crippen LogP contribution >= 0.6 is 24.0 Å². The Morgan fingerprint density at radius 2 is 2.09 bits per heavy atom. The zero-order valence-corrected chi connectivity index (χ0v) is 15.1. The molecule has 3 rings (SSSR count). The van der Waals surface area contributed by atoms with Gasteiger partial charge in [0.1, 0.15) is 6.54 Å². The molecule has 0 aliphatic carbocycles. The molecule has 7 heteroatoms. The number of rotatable bonds is 4. The number of aromatic nitrogens is 3. The van der Waals surface area contributed by atoms with Crippen LogP contribution in [-0.2, 0) is 13.0 Å². The van der Waals surface area contributed by atoms with Crippen LogP contribution in [0.5, 0.6) is 0 Å². The average Bonchev–Trinajstić information content (AvgIpc) is 2.96. The molecule has 0 radical (unpaired) electrons. The first-order chi connectivity index (χ1) is 10.8. The van der Waals surface area contributed by atoms with Gasteiger partial charge in [0, 0.05) is 11.9 Å². The third kappa shape index (κ3) is 4.19. The number of guanidine groups is 1. The summed E-state index contributed by atoms with van der Waals surface area (Å²) in [7, 11) is 0. The Labute approximate surface area is 151 Å². The van der Waals surface area contributed by atoms with E-state index in [2.05, 4.69) is 39.6 Å². The van der Waals surface area contributed by atoms with Crippen molar-refractivity contribution in [2.75, 3.05) is 5.32 Å². The Balaban J connectivity index is 0.00000192. The van der Waals surface area contributed by atoms with Gasteiger partial charge in [0.15, 0.2) is 17.4 Å². The number of halogens is 1. The zero-order valence-electron chi connectivity index (χ0n) is 12.8. The van der Waals surface area contributed by atoms with Gasteiger partial charge in [0.05, 0.1) is 0 Å². The van der Waals surface area contributed by atoms with E-state index < -0.39 is 0 Å². The first-order valence-electron chi connectivity index (χ1n) is 7.21. The van der Waals surface area contributed by atoms with Crippen molar-refractivity contribution in [1.29, 1.82) is 0 Å². The number of anilines is 1. The molecular weight excluding hydrogens is 403 g/mol. The van der Waals surface area contributed by atoms with E-state index in [-0.39, 0.29) is 24.0 Å². The third-order valence-corrected chi connectivity index (χ3v) is 3.38. The van der Waals surface area contributed by atoms with Crippen molar-refractivity contribution >= 4 is 41.3 Å². The second kappa shape index (κ2) is 7.91. The molecule has 0 bridgehead atoms. The monoisotopic (exact) mass is 422 g/mol. The first-order valence-corrected chi connectivity index (χ1v) is 7.21. The maximum absolute atomic E-state index is 5.94. The van der Waals surface area contributed by atoms with Gasteiger partial charge < -0.3 is 11.1 Å². The molecule has 3 aromatic rings. The Kier molecular flexibility index (Phi) is 5.91. The second-order valence-corrected chi connectivity index (χ2v) is 4.93. The van der Waals surface area contributed by atoms with E-state index in [0.717, 1.165) is 23.6 Å². The van der Waals surface area contributed by atoms with E-state index in [1.807, 2.05) is 40.9 Å². The van der Waals surface area contributed by atoms with Gasteiger partial charge in [-0.05, 0) is 36.2 Å². The summed E-state index contributed by atoms with van der Waals surface area (Å²) < 4.78 is 1.90. The van der Waals surface area contributed by atoms with E-state index in [1.54, 1.807) is 0 Å². The number of aliphatic imine (C=N–C) groups is 1. The van der Waals surface area contributed by atoms with Crippen LogP contribution < -0.4 is 11.1 Å². The maximum atomic E-state index is 5.94. The molecule has 6 nitrogen and oxygen atoms in total. The molecule has 0 fully saturated rings. The van der Waals surface area contributed by atoms with Crippen LogP contribution in [0, 0.1) is 0 Å². The molecule has 0 atom stereocenters. The lowest BCUT2D eigenvalue weighted by Crippen LogP contribution is -2.22. The van der Waals surface area contributed by atoms with Crippen molar-refractivity contribution in [1.82, 2.24) is 14.6 Å². The van der Waals surface area contributed by atoms with Crippen LogP contribution in [0.1, 0.15) is 18.3 Å². The maximum Gasteiger partial charge on any atom is 0.193 e. The highest BCUT2D eigenvalue weighted by atomic mass is 127. The zero-order chi connectivity index (χ0) is 15.4. The molecule has 2 aromatic heterocycles. The summed E-state index contributed by atoms with van der Waals surface area (Å²) >= 11 is 0. The van der Waals surface area contributed by atoms with Crippen LogP contribution in [0.25, 0.3) is 5.65 Å². The van der Waals surface area contributed by atoms with Gasteiger partial charge >= 0.3 is 0 Å². The molecule has 0 amide bonds. The van der Waals surface area contributed by atoms with Gasteiger partial charge in [-0.2, -0.15) is 0 Å². The number of fused-ring (bicyclic) bond motifs is 1. The smallest absolute Gasteiger partial charge is 0.193 e. The lowest BCUT2D eigenvalue weighted by Gasteiger charge is -2.06. The Morgan fingerprint density at radius 1 is 1.22 bits per heavy atom. The summed E-state index contributed by atoms with van der Waals surface area (Å²) in [5.74, 6) is 1.11. The number of benzene rings is 1. The Hall–Kier alpha value is -2.16. The fourth-order valence-electron chi connectivity index (χ4n) is 2.21. The highest BCUT2D eigenvalue weighted by molar-refractivity contribution is 14.0. The van der Waals surface area contributed by atoms with Crippen molar-refractivity contribution in [3.05, 3.63) is 60.0 Å². The quantitative estimate of drug-likeness (QED) is 0.385. The number of nitrogens with one attached hydrogen (secondary N) is 1. The normalized spacial score (nSPS) is 11.3. The molecule has 0 aliphatic rings. The van der Waals surface area contributed by atoms with E-state index in [4.69, 9.17) is 5.73 Å². The number of hydrogen-bond donors (Lipinski definition) is 2. The minimum Gasteiger partial charge on any atom is -0.370 e. The Bertz CT molecular complexity index is 811. The lowest BCUT2D eigenvalue weighted by atomic mass is 10.1. The molecule has 0 spiro atoms. The van der Waals surface area contributed by atoms with Crippen molar-refractivity contribution < 1.29 is 0 Å². The SMILES string of the molecule is CCc1cccc(NC(N)=NCc2nnc3ccccn23)c1.I. The van der Waals surface area contributed by atoms with E-state index in [1.165, 1.54) is 5.56 Å². The second-order valence-electron chi connectivity index (χ2n) is 4.93. The molecule has 23 heavy (non-hydrogen) atoms. The van der Waals surface area contributed by atoms with Crippen LogP contribution in [0.4, 0.5) is 5.69 Å². The van der Waals surface area contributed by atoms with Crippen LogP contribution in [-0.4, -0.2) is 20.6 Å². The van der Waals surface area contributed by atoms with Crippen molar-refractivity contribution in [2.24, 2.45) is 10.7 Å². The van der Waals surface area contributed by atoms with Gasteiger partial charge in [-0.25, -0.2) is 4.99 Å². The molecule has 3 N–H and O–H groups in total. The van der Waals surface area contributed by atoms with Crippen LogP contribution in [0.2, 0.25) is 0 Å². The van der Waals surface area contributed by atoms with Gasteiger partial charge in [-0.3, -0.25) is 4.40 Å². The molecule has 0 unspecified atom stereocenters. The molecule has 2 heterocycles. The number of aryl methyl sites for hydroxylation is 1. The van der Waals surface area contributed by atoms with Crippen molar-refractivity contribution in [3.8, 4) is 0 Å². The van der Waals surface area contributed by atoms with Gasteiger partial charge in [0.25, 0.3) is 0 Å². The van der Waals surface area contributed by atoms with Crippen molar-refractivity contribution in [3.63, 3.8) is 0 Å². The average molecular weight is 422 g/mol. The topological polar surface area (TPSA) is 80.6 Å². The largest absolute Gasteiger partial charge is 0.370 e. The number of nitrogens with two attached hydrogens (primary N) is 1. The molecule has 0 saturated heterocycles. The summed E-state index contributed by atoms with van der Waals surface area (Å²) in [6.45, 7) is 2.49. The molecular formula is C16H19IN6. The fraction of sp³-hybridized carbons (Fsp3) is 0.188. The standard InChI is InChI=1S/C16H18N6.HI/c1-2-12-6-5-7-13(10-12)19-16(17)18-11-15-21-20-14-8-3-4-9-22(14)15;/h3-10H,2,11H2,1H3,(H3,17,18,19);1H. The van der Waals surface area contributed by atoms with Crippen LogP contribution in [0.3, 0.4) is 0 Å². The summed E-state index contributed by atoms with van der Waals surface area (Å²) in [5.41, 5.74) is 8.93. The summed E-state index contributed by atoms with van der Waals surface area (Å²) in [6, 6.07) is 13.9. The number of hydrogen-bond acceptors (Lipinski definition) is 3. The molecule has 0 saturated carbocycles. The van der Waals surface area contributed by atoms with E-state index in [0.29, 0.717) is 12.5 Å². The minimum atomic E-state index is 0. The summed E-state index contributed by atoms with van der Waals surface area (Å²) in [5, 5.41) is 11.3. The summed E-state index contributed by atoms with van der Waals surface area (Å²) in [4.78, 5) is 4.33. The number of pyridine rings is 1. The van der Waals surface area contributed by atoms with Gasteiger partial charge in [-0.15, -0.1) is 34.2 Å². The minimum absolute atomic E-state index is 0. The lowest BCUT2D eigenvalue weighted by molar-refractivity contribution is 0.881. The highest BCUT2D eigenvalue weighted by Crippen LogP contribution is 2.11. The predicted octanol–water partition coefficient (Wildman–Crippen LogP) is 2.84. The molecule has 1 aromatic carbocycles. The van der Waals surface area contributed by atoms with E-state index >= 15 is 0 Å². The van der Waals surface area contributed by atoms with E-state index in [9.17, 15) is 0 Å². The predicted molar refractivity (Wildman–Crippen MR) is 103 cm³/mol. The van der Waals surface area contributed by atoms with Crippen molar-refractivity contribution in [2.45, 2.75) is 19.9 Å². The fourth-order valence-corrected chi connectivity index (χ4v) is 2.21. The molecule has 0 aliphatic heterocycles. The van der Waals surface area contributed by atoms with Crippen LogP contribution in [0.15, 0.2) is 53.7 Å². The summed E-state index contributed by atoms with van der Waals surface area (Å²) in [6.07, 6.45) is 2.90. The molecule has 120 valence electrons.